The van der Waals surface area contributed by atoms with Gasteiger partial charge in [0.1, 0.15) is 5.52 Å². The van der Waals surface area contributed by atoms with Crippen molar-refractivity contribution in [1.82, 2.24) is 9.88 Å². The summed E-state index contributed by atoms with van der Waals surface area (Å²) in [5.74, 6) is 1.15. The van der Waals surface area contributed by atoms with Crippen LogP contribution >= 0.6 is 31.9 Å². The summed E-state index contributed by atoms with van der Waals surface area (Å²) in [6.07, 6.45) is 3.44. The average molecular weight is 428 g/mol. The molecule has 1 aliphatic rings. The van der Waals surface area contributed by atoms with E-state index in [1.54, 1.807) is 11.1 Å². The zero-order chi connectivity index (χ0) is 15.7. The first-order valence-corrected chi connectivity index (χ1v) is 8.84. The van der Waals surface area contributed by atoms with Gasteiger partial charge in [0.05, 0.1) is 4.47 Å². The monoisotopic (exact) mass is 426 g/mol. The van der Waals surface area contributed by atoms with Crippen LogP contribution in [0.1, 0.15) is 19.8 Å². The molecule has 1 fully saturated rings. The number of hydrogen-bond acceptors (Lipinski definition) is 3. The number of piperidine rings is 1. The minimum atomic E-state index is -0.304. The predicted molar refractivity (Wildman–Crippen MR) is 93.1 cm³/mol. The maximum absolute atomic E-state index is 12.4. The number of hydrogen-bond donors (Lipinski definition) is 0. The quantitative estimate of drug-likeness (QED) is 0.643. The van der Waals surface area contributed by atoms with Gasteiger partial charge in [0.15, 0.2) is 5.75 Å². The van der Waals surface area contributed by atoms with E-state index in [-0.39, 0.29) is 6.09 Å². The van der Waals surface area contributed by atoms with Crippen molar-refractivity contribution in [2.24, 2.45) is 5.92 Å². The van der Waals surface area contributed by atoms with E-state index in [1.165, 1.54) is 0 Å². The fourth-order valence-electron chi connectivity index (χ4n) is 2.59. The van der Waals surface area contributed by atoms with Crippen molar-refractivity contribution in [3.8, 4) is 5.75 Å². The second-order valence-corrected chi connectivity index (χ2v) is 7.32. The zero-order valence-corrected chi connectivity index (χ0v) is 15.4. The van der Waals surface area contributed by atoms with Crippen molar-refractivity contribution in [1.29, 1.82) is 0 Å². The zero-order valence-electron chi connectivity index (χ0n) is 12.2. The highest BCUT2D eigenvalue weighted by molar-refractivity contribution is 9.11. The van der Waals surface area contributed by atoms with Crippen LogP contribution in [-0.2, 0) is 0 Å². The Morgan fingerprint density at radius 2 is 2.05 bits per heavy atom. The van der Waals surface area contributed by atoms with Gasteiger partial charge in [-0.25, -0.2) is 4.79 Å². The molecule has 0 saturated carbocycles. The molecule has 1 aromatic carbocycles. The third-order valence-electron chi connectivity index (χ3n) is 3.98. The van der Waals surface area contributed by atoms with Crippen LogP contribution in [0.3, 0.4) is 0 Å². The summed E-state index contributed by atoms with van der Waals surface area (Å²) in [5, 5.41) is 0.917. The van der Waals surface area contributed by atoms with E-state index >= 15 is 0 Å². The maximum Gasteiger partial charge on any atom is 0.415 e. The molecule has 0 aliphatic carbocycles. The van der Waals surface area contributed by atoms with E-state index in [4.69, 9.17) is 4.74 Å². The van der Waals surface area contributed by atoms with E-state index in [1.807, 2.05) is 18.2 Å². The first kappa shape index (κ1) is 15.7. The molecule has 0 radical (unpaired) electrons. The highest BCUT2D eigenvalue weighted by atomic mass is 79.9. The number of nitrogens with zero attached hydrogens (tertiary/aromatic N) is 2. The van der Waals surface area contributed by atoms with Crippen molar-refractivity contribution < 1.29 is 9.53 Å². The van der Waals surface area contributed by atoms with Gasteiger partial charge >= 0.3 is 6.09 Å². The van der Waals surface area contributed by atoms with Gasteiger partial charge in [-0.15, -0.1) is 0 Å². The number of halogens is 2. The summed E-state index contributed by atoms with van der Waals surface area (Å²) >= 11 is 6.97. The Balaban J connectivity index is 1.89. The Hall–Kier alpha value is -1.14. The molecule has 4 nitrogen and oxygen atoms in total. The largest absolute Gasteiger partial charge is 0.415 e. The molecule has 0 atom stereocenters. The number of likely N-dealkylation sites (tertiary alicyclic amines) is 1. The number of amides is 1. The lowest BCUT2D eigenvalue weighted by Gasteiger charge is -2.29. The summed E-state index contributed by atoms with van der Waals surface area (Å²) in [4.78, 5) is 18.5. The molecule has 2 heterocycles. The molecule has 6 heteroatoms. The minimum absolute atomic E-state index is 0.304. The first-order chi connectivity index (χ1) is 10.6. The SMILES string of the molecule is CC1CCN(C(=O)Oc2c(Br)cc(Br)c3cccnc23)CC1. The van der Waals surface area contributed by atoms with Crippen LogP contribution in [0, 0.1) is 5.92 Å². The molecule has 0 unspecified atom stereocenters. The number of carbonyl (C=O) groups excluding carboxylic acids is 1. The standard InChI is InChI=1S/C16H16Br2N2O2/c1-10-4-7-20(8-5-10)16(21)22-15-13(18)9-12(17)11-3-2-6-19-14(11)15/h2-3,6,9-10H,4-5,7-8H2,1H3. The molecule has 0 N–H and O–H groups in total. The van der Waals surface area contributed by atoms with Gasteiger partial charge in [0.2, 0.25) is 0 Å². The maximum atomic E-state index is 12.4. The Bertz CT molecular complexity index is 713. The fraction of sp³-hybridized carbons (Fsp3) is 0.375. The third kappa shape index (κ3) is 3.13. The number of rotatable bonds is 1. The van der Waals surface area contributed by atoms with Gasteiger partial charge in [-0.1, -0.05) is 28.9 Å². The molecule has 1 aliphatic heterocycles. The first-order valence-electron chi connectivity index (χ1n) is 7.25. The van der Waals surface area contributed by atoms with Crippen molar-refractivity contribution in [2.75, 3.05) is 13.1 Å². The molecule has 22 heavy (non-hydrogen) atoms. The summed E-state index contributed by atoms with van der Waals surface area (Å²) < 4.78 is 7.27. The van der Waals surface area contributed by atoms with Crippen molar-refractivity contribution in [2.45, 2.75) is 19.8 Å². The molecule has 1 aromatic heterocycles. The van der Waals surface area contributed by atoms with Crippen LogP contribution in [0.4, 0.5) is 4.79 Å². The Morgan fingerprint density at radius 1 is 1.32 bits per heavy atom. The predicted octanol–water partition coefficient (Wildman–Crippen LogP) is 4.99. The Kier molecular flexibility index (Phi) is 4.68. The lowest BCUT2D eigenvalue weighted by molar-refractivity contribution is 0.133. The summed E-state index contributed by atoms with van der Waals surface area (Å²) in [5.41, 5.74) is 0.669. The molecular formula is C16H16Br2N2O2. The van der Waals surface area contributed by atoms with Crippen LogP contribution in [0.2, 0.25) is 0 Å². The fourth-order valence-corrected chi connectivity index (χ4v) is 3.94. The summed E-state index contributed by atoms with van der Waals surface area (Å²) in [6.45, 7) is 3.71. The summed E-state index contributed by atoms with van der Waals surface area (Å²) in [6, 6.07) is 5.68. The molecule has 0 bridgehead atoms. The van der Waals surface area contributed by atoms with E-state index < -0.39 is 0 Å². The smallest absolute Gasteiger partial charge is 0.407 e. The second-order valence-electron chi connectivity index (χ2n) is 5.61. The van der Waals surface area contributed by atoms with E-state index in [0.29, 0.717) is 21.7 Å². The molecule has 1 saturated heterocycles. The Labute approximate surface area is 146 Å². The minimum Gasteiger partial charge on any atom is -0.407 e. The van der Waals surface area contributed by atoms with Gasteiger partial charge < -0.3 is 9.64 Å². The number of benzene rings is 1. The van der Waals surface area contributed by atoms with Crippen molar-refractivity contribution >= 4 is 48.9 Å². The van der Waals surface area contributed by atoms with Gasteiger partial charge in [0.25, 0.3) is 0 Å². The normalized spacial score (nSPS) is 16.0. The van der Waals surface area contributed by atoms with Crippen molar-refractivity contribution in [3.63, 3.8) is 0 Å². The van der Waals surface area contributed by atoms with Gasteiger partial charge in [-0.2, -0.15) is 0 Å². The molecule has 2 aromatic rings. The third-order valence-corrected chi connectivity index (χ3v) is 5.23. The number of pyridine rings is 1. The van der Waals surface area contributed by atoms with Crippen LogP contribution in [0.15, 0.2) is 33.3 Å². The molecule has 0 spiro atoms. The topological polar surface area (TPSA) is 42.4 Å². The van der Waals surface area contributed by atoms with E-state index in [0.717, 1.165) is 35.8 Å². The van der Waals surface area contributed by atoms with Gasteiger partial charge in [0, 0.05) is 29.1 Å². The van der Waals surface area contributed by atoms with Crippen molar-refractivity contribution in [3.05, 3.63) is 33.3 Å². The lowest BCUT2D eigenvalue weighted by atomic mass is 10.00. The average Bonchev–Trinajstić information content (AvgIpc) is 2.52. The summed E-state index contributed by atoms with van der Waals surface area (Å²) in [7, 11) is 0. The number of ether oxygens (including phenoxy) is 1. The van der Waals surface area contributed by atoms with Crippen LogP contribution in [0.5, 0.6) is 5.75 Å². The van der Waals surface area contributed by atoms with Gasteiger partial charge in [-0.3, -0.25) is 4.98 Å². The second kappa shape index (κ2) is 6.54. The van der Waals surface area contributed by atoms with Crippen LogP contribution in [0.25, 0.3) is 10.9 Å². The highest BCUT2D eigenvalue weighted by Crippen LogP contribution is 2.37. The molecular weight excluding hydrogens is 412 g/mol. The van der Waals surface area contributed by atoms with E-state index in [9.17, 15) is 4.79 Å². The van der Waals surface area contributed by atoms with Crippen LogP contribution < -0.4 is 4.74 Å². The van der Waals surface area contributed by atoms with E-state index in [2.05, 4.69) is 43.8 Å². The van der Waals surface area contributed by atoms with Gasteiger partial charge in [-0.05, 0) is 46.8 Å². The lowest BCUT2D eigenvalue weighted by Crippen LogP contribution is -2.39. The molecule has 3 rings (SSSR count). The molecule has 1 amide bonds. The number of carbonyl (C=O) groups is 1. The Morgan fingerprint density at radius 3 is 2.77 bits per heavy atom. The number of fused-ring (bicyclic) bond motifs is 1. The highest BCUT2D eigenvalue weighted by Gasteiger charge is 2.23. The molecule has 116 valence electrons. The number of aromatic nitrogens is 1. The van der Waals surface area contributed by atoms with Crippen LogP contribution in [-0.4, -0.2) is 29.1 Å².